The van der Waals surface area contributed by atoms with Crippen LogP contribution in [0.2, 0.25) is 0 Å². The monoisotopic (exact) mass is 356 g/mol. The van der Waals surface area contributed by atoms with Gasteiger partial charge in [0, 0.05) is 19.1 Å². The molecular weight excluding hydrogens is 328 g/mol. The van der Waals surface area contributed by atoms with E-state index >= 15 is 0 Å². The van der Waals surface area contributed by atoms with Crippen LogP contribution in [-0.2, 0) is 17.8 Å². The van der Waals surface area contributed by atoms with Crippen LogP contribution in [0, 0.1) is 0 Å². The molecule has 0 unspecified atom stereocenters. The van der Waals surface area contributed by atoms with Crippen molar-refractivity contribution < 1.29 is 14.6 Å². The van der Waals surface area contributed by atoms with Gasteiger partial charge in [-0.05, 0) is 23.3 Å². The van der Waals surface area contributed by atoms with Crippen LogP contribution in [0.5, 0.6) is 5.75 Å². The molecule has 0 saturated carbocycles. The van der Waals surface area contributed by atoms with E-state index in [1.807, 2.05) is 68.4 Å². The van der Waals surface area contributed by atoms with Gasteiger partial charge < -0.3 is 20.5 Å². The molecule has 3 N–H and O–H groups in total. The number of hydrogen-bond acceptors (Lipinski definition) is 4. The SMILES string of the molecule is CC(C)NC[C@@H](O)COc1ccc(CC(=O)NCc2ccccc2)cc1. The third-order valence-electron chi connectivity index (χ3n) is 3.82. The standard InChI is InChI=1S/C21H28N2O3/c1-16(2)22-14-19(24)15-26-20-10-8-17(9-11-20)12-21(25)23-13-18-6-4-3-5-7-18/h3-11,16,19,22,24H,12-15H2,1-2H3,(H,23,25)/t19-/m1/s1. The third-order valence-corrected chi connectivity index (χ3v) is 3.82. The molecule has 2 aromatic carbocycles. The van der Waals surface area contributed by atoms with Crippen molar-refractivity contribution in [3.8, 4) is 5.75 Å². The lowest BCUT2D eigenvalue weighted by Crippen LogP contribution is -2.35. The van der Waals surface area contributed by atoms with E-state index < -0.39 is 6.10 Å². The predicted molar refractivity (Wildman–Crippen MR) is 103 cm³/mol. The molecule has 2 rings (SSSR count). The highest BCUT2D eigenvalue weighted by Gasteiger charge is 2.07. The fourth-order valence-electron chi connectivity index (χ4n) is 2.37. The summed E-state index contributed by atoms with van der Waals surface area (Å²) < 4.78 is 5.57. The largest absolute Gasteiger partial charge is 0.491 e. The van der Waals surface area contributed by atoms with Crippen molar-refractivity contribution in [2.24, 2.45) is 0 Å². The summed E-state index contributed by atoms with van der Waals surface area (Å²) in [5.74, 6) is 0.666. The Hall–Kier alpha value is -2.37. The molecule has 1 atom stereocenters. The summed E-state index contributed by atoms with van der Waals surface area (Å²) in [6, 6.07) is 17.5. The summed E-state index contributed by atoms with van der Waals surface area (Å²) in [6.45, 7) is 5.32. The second-order valence-electron chi connectivity index (χ2n) is 6.61. The first kappa shape index (κ1) is 19.9. The topological polar surface area (TPSA) is 70.6 Å². The number of aliphatic hydroxyl groups is 1. The van der Waals surface area contributed by atoms with Gasteiger partial charge in [-0.2, -0.15) is 0 Å². The molecule has 0 aliphatic heterocycles. The van der Waals surface area contributed by atoms with Gasteiger partial charge in [0.15, 0.2) is 0 Å². The van der Waals surface area contributed by atoms with Crippen LogP contribution in [0.1, 0.15) is 25.0 Å². The van der Waals surface area contributed by atoms with E-state index in [-0.39, 0.29) is 12.5 Å². The average Bonchev–Trinajstić information content (AvgIpc) is 2.65. The Labute approximate surface area is 155 Å². The lowest BCUT2D eigenvalue weighted by Gasteiger charge is -2.15. The Morgan fingerprint density at radius 2 is 1.73 bits per heavy atom. The van der Waals surface area contributed by atoms with Crippen LogP contribution >= 0.6 is 0 Å². The van der Waals surface area contributed by atoms with Gasteiger partial charge in [-0.1, -0.05) is 56.3 Å². The van der Waals surface area contributed by atoms with Crippen molar-refractivity contribution in [2.45, 2.75) is 39.0 Å². The number of ether oxygens (including phenoxy) is 1. The molecule has 0 saturated heterocycles. The number of carbonyl (C=O) groups excluding carboxylic acids is 1. The number of hydrogen-bond donors (Lipinski definition) is 3. The predicted octanol–water partition coefficient (Wildman–Crippen LogP) is 2.28. The van der Waals surface area contributed by atoms with Gasteiger partial charge in [0.1, 0.15) is 18.5 Å². The van der Waals surface area contributed by atoms with Gasteiger partial charge in [-0.3, -0.25) is 4.79 Å². The van der Waals surface area contributed by atoms with E-state index in [1.165, 1.54) is 0 Å². The Kier molecular flexibility index (Phi) is 8.12. The molecule has 0 heterocycles. The maximum absolute atomic E-state index is 12.0. The van der Waals surface area contributed by atoms with Crippen LogP contribution in [0.25, 0.3) is 0 Å². The van der Waals surface area contributed by atoms with Crippen LogP contribution in [0.3, 0.4) is 0 Å². The molecule has 0 aliphatic rings. The highest BCUT2D eigenvalue weighted by atomic mass is 16.5. The molecule has 26 heavy (non-hydrogen) atoms. The normalized spacial score (nSPS) is 12.0. The number of amides is 1. The highest BCUT2D eigenvalue weighted by Crippen LogP contribution is 2.13. The van der Waals surface area contributed by atoms with Gasteiger partial charge >= 0.3 is 0 Å². The molecule has 5 heteroatoms. The zero-order valence-corrected chi connectivity index (χ0v) is 15.4. The van der Waals surface area contributed by atoms with Gasteiger partial charge in [0.2, 0.25) is 5.91 Å². The minimum Gasteiger partial charge on any atom is -0.491 e. The molecule has 0 fully saturated rings. The van der Waals surface area contributed by atoms with Crippen LogP contribution in [-0.4, -0.2) is 36.3 Å². The second kappa shape index (κ2) is 10.6. The van der Waals surface area contributed by atoms with Crippen LogP contribution in [0.15, 0.2) is 54.6 Å². The molecule has 1 amide bonds. The number of carbonyl (C=O) groups is 1. The smallest absolute Gasteiger partial charge is 0.224 e. The fraction of sp³-hybridized carbons (Fsp3) is 0.381. The fourth-order valence-corrected chi connectivity index (χ4v) is 2.37. The zero-order chi connectivity index (χ0) is 18.8. The summed E-state index contributed by atoms with van der Waals surface area (Å²) in [7, 11) is 0. The first-order valence-electron chi connectivity index (χ1n) is 8.96. The van der Waals surface area contributed by atoms with Gasteiger partial charge in [0.25, 0.3) is 0 Å². The summed E-state index contributed by atoms with van der Waals surface area (Å²) in [6.07, 6.45) is -0.227. The molecule has 0 spiro atoms. The molecule has 0 radical (unpaired) electrons. The molecule has 5 nitrogen and oxygen atoms in total. The van der Waals surface area contributed by atoms with E-state index in [4.69, 9.17) is 4.74 Å². The minimum absolute atomic E-state index is 0.0160. The Balaban J connectivity index is 1.72. The Morgan fingerprint density at radius 3 is 2.38 bits per heavy atom. The van der Waals surface area contributed by atoms with Crippen molar-refractivity contribution >= 4 is 5.91 Å². The molecular formula is C21H28N2O3. The summed E-state index contributed by atoms with van der Waals surface area (Å²) in [5.41, 5.74) is 2.00. The van der Waals surface area contributed by atoms with Crippen LogP contribution < -0.4 is 15.4 Å². The zero-order valence-electron chi connectivity index (χ0n) is 15.4. The number of rotatable bonds is 10. The van der Waals surface area contributed by atoms with E-state index in [9.17, 15) is 9.90 Å². The molecule has 0 bridgehead atoms. The number of benzene rings is 2. The summed E-state index contributed by atoms with van der Waals surface area (Å²) >= 11 is 0. The average molecular weight is 356 g/mol. The lowest BCUT2D eigenvalue weighted by atomic mass is 10.1. The van der Waals surface area contributed by atoms with Crippen molar-refractivity contribution in [2.75, 3.05) is 13.2 Å². The third kappa shape index (κ3) is 7.68. The van der Waals surface area contributed by atoms with E-state index in [0.717, 1.165) is 11.1 Å². The molecule has 140 valence electrons. The molecule has 0 aromatic heterocycles. The number of aliphatic hydroxyl groups excluding tert-OH is 1. The van der Waals surface area contributed by atoms with E-state index in [2.05, 4.69) is 10.6 Å². The lowest BCUT2D eigenvalue weighted by molar-refractivity contribution is -0.120. The summed E-state index contributed by atoms with van der Waals surface area (Å²) in [5, 5.41) is 15.9. The molecule has 0 aliphatic carbocycles. The first-order valence-corrected chi connectivity index (χ1v) is 8.96. The highest BCUT2D eigenvalue weighted by molar-refractivity contribution is 5.78. The van der Waals surface area contributed by atoms with Crippen molar-refractivity contribution in [3.63, 3.8) is 0 Å². The maximum Gasteiger partial charge on any atom is 0.224 e. The maximum atomic E-state index is 12.0. The first-order chi connectivity index (χ1) is 12.5. The molecule has 2 aromatic rings. The second-order valence-corrected chi connectivity index (χ2v) is 6.61. The van der Waals surface area contributed by atoms with Gasteiger partial charge in [-0.25, -0.2) is 0 Å². The van der Waals surface area contributed by atoms with E-state index in [0.29, 0.717) is 31.3 Å². The van der Waals surface area contributed by atoms with Gasteiger partial charge in [-0.15, -0.1) is 0 Å². The van der Waals surface area contributed by atoms with Crippen molar-refractivity contribution in [1.29, 1.82) is 0 Å². The summed E-state index contributed by atoms with van der Waals surface area (Å²) in [4.78, 5) is 12.0. The van der Waals surface area contributed by atoms with Crippen molar-refractivity contribution in [3.05, 3.63) is 65.7 Å². The van der Waals surface area contributed by atoms with Crippen molar-refractivity contribution in [1.82, 2.24) is 10.6 Å². The van der Waals surface area contributed by atoms with Gasteiger partial charge in [0.05, 0.1) is 6.42 Å². The van der Waals surface area contributed by atoms with Crippen LogP contribution in [0.4, 0.5) is 0 Å². The minimum atomic E-state index is -0.555. The number of nitrogens with one attached hydrogen (secondary N) is 2. The quantitative estimate of drug-likeness (QED) is 0.611. The Bertz CT molecular complexity index is 657. The van der Waals surface area contributed by atoms with E-state index in [1.54, 1.807) is 0 Å². The Morgan fingerprint density at radius 1 is 1.04 bits per heavy atom.